The van der Waals surface area contributed by atoms with Gasteiger partial charge in [0.25, 0.3) is 0 Å². The Bertz CT molecular complexity index is 827. The molecule has 1 aromatic heterocycles. The van der Waals surface area contributed by atoms with Crippen LogP contribution in [-0.4, -0.2) is 43.0 Å². The minimum Gasteiger partial charge on any atom is -0.462 e. The second-order valence-corrected chi connectivity index (χ2v) is 8.40. The summed E-state index contributed by atoms with van der Waals surface area (Å²) in [6.07, 6.45) is 2.22. The fourth-order valence-corrected chi connectivity index (χ4v) is 4.39. The van der Waals surface area contributed by atoms with E-state index in [0.29, 0.717) is 28.0 Å². The van der Waals surface area contributed by atoms with Gasteiger partial charge in [0, 0.05) is 16.0 Å². The van der Waals surface area contributed by atoms with Crippen LogP contribution in [0.4, 0.5) is 5.00 Å². The van der Waals surface area contributed by atoms with Gasteiger partial charge in [-0.15, -0.1) is 11.3 Å². The first-order valence-electron chi connectivity index (χ1n) is 9.54. The molecule has 0 atom stereocenters. The summed E-state index contributed by atoms with van der Waals surface area (Å²) in [7, 11) is 0. The molecule has 0 unspecified atom stereocenters. The Morgan fingerprint density at radius 3 is 2.57 bits per heavy atom. The van der Waals surface area contributed by atoms with Crippen LogP contribution >= 0.6 is 22.9 Å². The van der Waals surface area contributed by atoms with Crippen molar-refractivity contribution in [3.8, 4) is 11.1 Å². The molecule has 2 heterocycles. The molecular formula is C21H25ClN2O3S. The van der Waals surface area contributed by atoms with Crippen molar-refractivity contribution in [1.82, 2.24) is 4.90 Å². The van der Waals surface area contributed by atoms with Gasteiger partial charge in [0.2, 0.25) is 5.91 Å². The topological polar surface area (TPSA) is 58.6 Å². The summed E-state index contributed by atoms with van der Waals surface area (Å²) in [5.41, 5.74) is 1.99. The van der Waals surface area contributed by atoms with E-state index in [1.807, 2.05) is 17.5 Å². The highest BCUT2D eigenvalue weighted by Crippen LogP contribution is 2.36. The largest absolute Gasteiger partial charge is 0.462 e. The minimum atomic E-state index is -0.434. The summed E-state index contributed by atoms with van der Waals surface area (Å²) in [6, 6.07) is 7.26. The Balaban J connectivity index is 1.79. The molecule has 1 aromatic carbocycles. The van der Waals surface area contributed by atoms with Gasteiger partial charge in [0.15, 0.2) is 0 Å². The van der Waals surface area contributed by atoms with Crippen molar-refractivity contribution >= 4 is 39.8 Å². The molecule has 0 spiro atoms. The van der Waals surface area contributed by atoms with Gasteiger partial charge in [0.05, 0.1) is 13.2 Å². The molecule has 1 aliphatic rings. The molecule has 5 nitrogen and oxygen atoms in total. The molecule has 7 heteroatoms. The van der Waals surface area contributed by atoms with Gasteiger partial charge in [-0.25, -0.2) is 4.79 Å². The van der Waals surface area contributed by atoms with Crippen LogP contribution in [0.1, 0.15) is 37.0 Å². The van der Waals surface area contributed by atoms with Crippen molar-refractivity contribution in [2.24, 2.45) is 5.92 Å². The van der Waals surface area contributed by atoms with Crippen LogP contribution in [0.3, 0.4) is 0 Å². The number of rotatable bonds is 6. The third kappa shape index (κ3) is 5.13. The second-order valence-electron chi connectivity index (χ2n) is 7.09. The normalized spacial score (nSPS) is 15.4. The highest BCUT2D eigenvalue weighted by molar-refractivity contribution is 7.15. The Labute approximate surface area is 174 Å². The number of nitrogens with one attached hydrogen (secondary N) is 1. The van der Waals surface area contributed by atoms with E-state index >= 15 is 0 Å². The van der Waals surface area contributed by atoms with Gasteiger partial charge in [-0.05, 0) is 56.5 Å². The first kappa shape index (κ1) is 20.8. The molecule has 1 N–H and O–H groups in total. The van der Waals surface area contributed by atoms with Crippen molar-refractivity contribution in [3.63, 3.8) is 0 Å². The Hall–Kier alpha value is -1.89. The number of anilines is 1. The van der Waals surface area contributed by atoms with E-state index < -0.39 is 5.97 Å². The summed E-state index contributed by atoms with van der Waals surface area (Å²) >= 11 is 7.31. The lowest BCUT2D eigenvalue weighted by atomic mass is 9.99. The molecule has 0 radical (unpaired) electrons. The highest BCUT2D eigenvalue weighted by Gasteiger charge is 2.24. The number of ether oxygens (including phenoxy) is 1. The standard InChI is InChI=1S/C21H25ClN2O3S/c1-3-27-21(26)19-17(15-4-6-16(22)7-5-15)13-28-20(19)23-18(25)12-24-10-8-14(2)9-11-24/h4-7,13-14H,3,8-12H2,1-2H3,(H,23,25). The molecule has 1 aliphatic heterocycles. The van der Waals surface area contributed by atoms with Crippen molar-refractivity contribution in [1.29, 1.82) is 0 Å². The van der Waals surface area contributed by atoms with Crippen LogP contribution < -0.4 is 5.32 Å². The third-order valence-electron chi connectivity index (χ3n) is 4.92. The lowest BCUT2D eigenvalue weighted by Crippen LogP contribution is -2.38. The van der Waals surface area contributed by atoms with Crippen molar-refractivity contribution in [2.45, 2.75) is 26.7 Å². The monoisotopic (exact) mass is 420 g/mol. The van der Waals surface area contributed by atoms with Gasteiger partial charge in [0.1, 0.15) is 10.6 Å². The van der Waals surface area contributed by atoms with Crippen molar-refractivity contribution in [3.05, 3.63) is 40.2 Å². The predicted octanol–water partition coefficient (Wildman–Crippen LogP) is 4.92. The van der Waals surface area contributed by atoms with Crippen LogP contribution in [0, 0.1) is 5.92 Å². The maximum atomic E-state index is 12.6. The summed E-state index contributed by atoms with van der Waals surface area (Å²) in [4.78, 5) is 27.3. The molecule has 1 fully saturated rings. The summed E-state index contributed by atoms with van der Waals surface area (Å²) < 4.78 is 5.24. The molecule has 0 aliphatic carbocycles. The van der Waals surface area contributed by atoms with Crippen molar-refractivity contribution < 1.29 is 14.3 Å². The number of carbonyl (C=O) groups excluding carboxylic acids is 2. The minimum absolute atomic E-state index is 0.107. The van der Waals surface area contributed by atoms with Crippen LogP contribution in [0.2, 0.25) is 5.02 Å². The number of benzene rings is 1. The third-order valence-corrected chi connectivity index (χ3v) is 6.07. The number of hydrogen-bond acceptors (Lipinski definition) is 5. The number of carbonyl (C=O) groups is 2. The molecular weight excluding hydrogens is 396 g/mol. The Morgan fingerprint density at radius 1 is 1.25 bits per heavy atom. The number of halogens is 1. The van der Waals surface area contributed by atoms with Gasteiger partial charge in [-0.2, -0.15) is 0 Å². The zero-order valence-corrected chi connectivity index (χ0v) is 17.7. The zero-order chi connectivity index (χ0) is 20.1. The number of thiophene rings is 1. The van der Waals surface area contributed by atoms with Crippen molar-refractivity contribution in [2.75, 3.05) is 31.6 Å². The number of amides is 1. The lowest BCUT2D eigenvalue weighted by molar-refractivity contribution is -0.117. The van der Waals surface area contributed by atoms with Gasteiger partial charge < -0.3 is 10.1 Å². The first-order chi connectivity index (χ1) is 13.5. The fourth-order valence-electron chi connectivity index (χ4n) is 3.29. The number of hydrogen-bond donors (Lipinski definition) is 1. The predicted molar refractivity (Wildman–Crippen MR) is 114 cm³/mol. The smallest absolute Gasteiger partial charge is 0.341 e. The van der Waals surface area contributed by atoms with E-state index in [9.17, 15) is 9.59 Å². The van der Waals surface area contributed by atoms with E-state index in [-0.39, 0.29) is 12.5 Å². The molecule has 0 bridgehead atoms. The van der Waals surface area contributed by atoms with Crippen LogP contribution in [0.5, 0.6) is 0 Å². The average molecular weight is 421 g/mol. The summed E-state index contributed by atoms with van der Waals surface area (Å²) in [5.74, 6) is 0.175. The molecule has 2 aromatic rings. The zero-order valence-electron chi connectivity index (χ0n) is 16.2. The average Bonchev–Trinajstić information content (AvgIpc) is 3.08. The Morgan fingerprint density at radius 2 is 1.93 bits per heavy atom. The molecule has 150 valence electrons. The molecule has 1 amide bonds. The van der Waals surface area contributed by atoms with Gasteiger partial charge in [-0.3, -0.25) is 9.69 Å². The van der Waals surface area contributed by atoms with Crippen LogP contribution in [0.15, 0.2) is 29.6 Å². The van der Waals surface area contributed by atoms with E-state index in [1.165, 1.54) is 11.3 Å². The maximum Gasteiger partial charge on any atom is 0.341 e. The molecule has 0 saturated carbocycles. The maximum absolute atomic E-state index is 12.6. The highest BCUT2D eigenvalue weighted by atomic mass is 35.5. The van der Waals surface area contributed by atoms with E-state index in [1.54, 1.807) is 19.1 Å². The Kier molecular flexibility index (Phi) is 7.10. The van der Waals surface area contributed by atoms with E-state index in [2.05, 4.69) is 17.1 Å². The number of piperidine rings is 1. The van der Waals surface area contributed by atoms with Gasteiger partial charge >= 0.3 is 5.97 Å². The SMILES string of the molecule is CCOC(=O)c1c(-c2ccc(Cl)cc2)csc1NC(=O)CN1CCC(C)CC1. The van der Waals surface area contributed by atoms with Crippen LogP contribution in [-0.2, 0) is 9.53 Å². The summed E-state index contributed by atoms with van der Waals surface area (Å²) in [5, 5.41) is 5.94. The van der Waals surface area contributed by atoms with E-state index in [0.717, 1.165) is 37.1 Å². The number of likely N-dealkylation sites (tertiary alicyclic amines) is 1. The fraction of sp³-hybridized carbons (Fsp3) is 0.429. The quantitative estimate of drug-likeness (QED) is 0.674. The molecule has 1 saturated heterocycles. The van der Waals surface area contributed by atoms with Gasteiger partial charge in [-0.1, -0.05) is 30.7 Å². The second kappa shape index (κ2) is 9.54. The van der Waals surface area contributed by atoms with Crippen LogP contribution in [0.25, 0.3) is 11.1 Å². The lowest BCUT2D eigenvalue weighted by Gasteiger charge is -2.29. The first-order valence-corrected chi connectivity index (χ1v) is 10.8. The number of esters is 1. The number of nitrogens with zero attached hydrogens (tertiary/aromatic N) is 1. The van der Waals surface area contributed by atoms with E-state index in [4.69, 9.17) is 16.3 Å². The summed E-state index contributed by atoms with van der Waals surface area (Å²) in [6.45, 7) is 6.48. The molecule has 28 heavy (non-hydrogen) atoms. The molecule has 3 rings (SSSR count).